The minimum Gasteiger partial charge on any atom is -0.484 e. The summed E-state index contributed by atoms with van der Waals surface area (Å²) in [6.07, 6.45) is -0.0589. The molecule has 0 unspecified atom stereocenters. The lowest BCUT2D eigenvalue weighted by Gasteiger charge is -2.29. The zero-order valence-corrected chi connectivity index (χ0v) is 11.6. The summed E-state index contributed by atoms with van der Waals surface area (Å²) in [6, 6.07) is 14.1. The van der Waals surface area contributed by atoms with Gasteiger partial charge in [-0.25, -0.2) is 0 Å². The highest BCUT2D eigenvalue weighted by Gasteiger charge is 2.29. The molecule has 1 aliphatic rings. The van der Waals surface area contributed by atoms with Gasteiger partial charge in [-0.3, -0.25) is 4.79 Å². The molecule has 0 fully saturated rings. The third kappa shape index (κ3) is 2.05. The molecule has 0 amide bonds. The summed E-state index contributed by atoms with van der Waals surface area (Å²) in [5, 5.41) is 0. The first-order chi connectivity index (χ1) is 9.70. The maximum Gasteiger partial charge on any atom is 0.309 e. The Balaban J connectivity index is 2.13. The Hall–Kier alpha value is -2.29. The maximum absolute atomic E-state index is 11.6. The van der Waals surface area contributed by atoms with Gasteiger partial charge in [0.05, 0.1) is 13.5 Å². The fourth-order valence-corrected chi connectivity index (χ4v) is 2.73. The lowest BCUT2D eigenvalue weighted by Crippen LogP contribution is -2.19. The predicted octanol–water partition coefficient (Wildman–Crippen LogP) is 3.66. The van der Waals surface area contributed by atoms with Gasteiger partial charge >= 0.3 is 5.97 Å². The number of fused-ring (bicyclic) bond motifs is 3. The van der Waals surface area contributed by atoms with Gasteiger partial charge in [-0.15, -0.1) is 0 Å². The van der Waals surface area contributed by atoms with E-state index in [9.17, 15) is 4.79 Å². The molecule has 3 nitrogen and oxygen atoms in total. The van der Waals surface area contributed by atoms with Gasteiger partial charge in [0.1, 0.15) is 11.9 Å². The van der Waals surface area contributed by atoms with Crippen LogP contribution in [0.1, 0.15) is 23.7 Å². The van der Waals surface area contributed by atoms with E-state index in [0.29, 0.717) is 0 Å². The molecule has 0 aromatic heterocycles. The average molecular weight is 268 g/mol. The van der Waals surface area contributed by atoms with Gasteiger partial charge < -0.3 is 9.47 Å². The standard InChI is InChI=1S/C17H16O3/c1-11-6-5-8-13-12-7-3-4-9-14(12)20-15(17(11)13)10-16(18)19-2/h3-9,15H,10H2,1-2H3/t15-/m0/s1. The number of ether oxygens (including phenoxy) is 2. The van der Waals surface area contributed by atoms with Crippen LogP contribution >= 0.6 is 0 Å². The fourth-order valence-electron chi connectivity index (χ4n) is 2.73. The van der Waals surface area contributed by atoms with Crippen LogP contribution in [0.5, 0.6) is 5.75 Å². The van der Waals surface area contributed by atoms with Crippen LogP contribution in [0.2, 0.25) is 0 Å². The van der Waals surface area contributed by atoms with Gasteiger partial charge in [-0.2, -0.15) is 0 Å². The number of hydrogen-bond acceptors (Lipinski definition) is 3. The summed E-state index contributed by atoms with van der Waals surface area (Å²) in [7, 11) is 1.40. The van der Waals surface area contributed by atoms with Crippen LogP contribution in [0.15, 0.2) is 42.5 Å². The van der Waals surface area contributed by atoms with Crippen LogP contribution in [0, 0.1) is 6.92 Å². The highest BCUT2D eigenvalue weighted by Crippen LogP contribution is 2.44. The normalized spacial score (nSPS) is 15.8. The molecule has 0 saturated carbocycles. The van der Waals surface area contributed by atoms with Crippen molar-refractivity contribution in [3.05, 3.63) is 53.6 Å². The zero-order valence-electron chi connectivity index (χ0n) is 11.6. The monoisotopic (exact) mass is 268 g/mol. The van der Waals surface area contributed by atoms with E-state index in [1.54, 1.807) is 0 Å². The van der Waals surface area contributed by atoms with Gasteiger partial charge in [0.25, 0.3) is 0 Å². The molecule has 102 valence electrons. The number of carbonyl (C=O) groups is 1. The fraction of sp³-hybridized carbons (Fsp3) is 0.235. The summed E-state index contributed by atoms with van der Waals surface area (Å²) < 4.78 is 10.8. The zero-order chi connectivity index (χ0) is 14.1. The Morgan fingerprint density at radius 1 is 1.15 bits per heavy atom. The topological polar surface area (TPSA) is 35.5 Å². The third-order valence-corrected chi connectivity index (χ3v) is 3.67. The molecule has 0 spiro atoms. The molecular weight excluding hydrogens is 252 g/mol. The quantitative estimate of drug-likeness (QED) is 0.780. The molecule has 1 aliphatic heterocycles. The SMILES string of the molecule is COC(=O)C[C@@H]1Oc2ccccc2-c2cccc(C)c21. The largest absolute Gasteiger partial charge is 0.484 e. The highest BCUT2D eigenvalue weighted by molar-refractivity contribution is 5.78. The van der Waals surface area contributed by atoms with Crippen LogP contribution in [0.3, 0.4) is 0 Å². The number of aryl methyl sites for hydroxylation is 1. The number of hydrogen-bond donors (Lipinski definition) is 0. The first kappa shape index (κ1) is 12.7. The Bertz CT molecular complexity index is 661. The first-order valence-electron chi connectivity index (χ1n) is 6.63. The van der Waals surface area contributed by atoms with E-state index in [0.717, 1.165) is 28.0 Å². The number of esters is 1. The highest BCUT2D eigenvalue weighted by atomic mass is 16.5. The van der Waals surface area contributed by atoms with Crippen molar-refractivity contribution >= 4 is 5.97 Å². The van der Waals surface area contributed by atoms with E-state index >= 15 is 0 Å². The van der Waals surface area contributed by atoms with Crippen LogP contribution in [0.4, 0.5) is 0 Å². The van der Waals surface area contributed by atoms with Gasteiger partial charge in [-0.1, -0.05) is 36.4 Å². The van der Waals surface area contributed by atoms with Crippen molar-refractivity contribution in [1.82, 2.24) is 0 Å². The minimum atomic E-state index is -0.284. The molecule has 0 aliphatic carbocycles. The second kappa shape index (κ2) is 5.00. The lowest BCUT2D eigenvalue weighted by molar-refractivity contribution is -0.142. The van der Waals surface area contributed by atoms with Gasteiger partial charge in [-0.05, 0) is 24.1 Å². The van der Waals surface area contributed by atoms with E-state index in [1.807, 2.05) is 43.3 Å². The summed E-state index contributed by atoms with van der Waals surface area (Å²) in [5.41, 5.74) is 4.43. The number of rotatable bonds is 2. The first-order valence-corrected chi connectivity index (χ1v) is 6.63. The molecule has 20 heavy (non-hydrogen) atoms. The minimum absolute atomic E-state index is 0.225. The van der Waals surface area contributed by atoms with Crippen molar-refractivity contribution < 1.29 is 14.3 Å². The Labute approximate surface area is 118 Å². The number of benzene rings is 2. The van der Waals surface area contributed by atoms with Gasteiger partial charge in [0.15, 0.2) is 0 Å². The second-order valence-corrected chi connectivity index (χ2v) is 4.92. The molecule has 0 N–H and O–H groups in total. The molecular formula is C17H16O3. The molecule has 0 bridgehead atoms. The molecule has 0 radical (unpaired) electrons. The average Bonchev–Trinajstić information content (AvgIpc) is 2.47. The van der Waals surface area contributed by atoms with E-state index in [-0.39, 0.29) is 18.5 Å². The molecule has 2 aromatic carbocycles. The maximum atomic E-state index is 11.6. The molecule has 1 atom stereocenters. The number of carbonyl (C=O) groups excluding carboxylic acids is 1. The number of para-hydroxylation sites is 1. The molecule has 0 saturated heterocycles. The third-order valence-electron chi connectivity index (χ3n) is 3.67. The number of methoxy groups -OCH3 is 1. The van der Waals surface area contributed by atoms with Crippen molar-refractivity contribution in [1.29, 1.82) is 0 Å². The van der Waals surface area contributed by atoms with Crippen LogP contribution in [0.25, 0.3) is 11.1 Å². The van der Waals surface area contributed by atoms with Crippen molar-refractivity contribution in [3.8, 4) is 16.9 Å². The Morgan fingerprint density at radius 2 is 1.90 bits per heavy atom. The van der Waals surface area contributed by atoms with Gasteiger partial charge in [0, 0.05) is 11.1 Å². The summed E-state index contributed by atoms with van der Waals surface area (Å²) in [6.45, 7) is 2.04. The molecule has 3 heteroatoms. The van der Waals surface area contributed by atoms with E-state index in [2.05, 4.69) is 6.07 Å². The molecule has 3 rings (SSSR count). The van der Waals surface area contributed by atoms with Crippen LogP contribution in [-0.4, -0.2) is 13.1 Å². The summed E-state index contributed by atoms with van der Waals surface area (Å²) in [5.74, 6) is 0.558. The van der Waals surface area contributed by atoms with E-state index < -0.39 is 0 Å². The summed E-state index contributed by atoms with van der Waals surface area (Å²) >= 11 is 0. The van der Waals surface area contributed by atoms with E-state index in [1.165, 1.54) is 7.11 Å². The van der Waals surface area contributed by atoms with Crippen molar-refractivity contribution in [2.75, 3.05) is 7.11 Å². The van der Waals surface area contributed by atoms with E-state index in [4.69, 9.17) is 9.47 Å². The summed E-state index contributed by atoms with van der Waals surface area (Å²) in [4.78, 5) is 11.6. The Morgan fingerprint density at radius 3 is 2.70 bits per heavy atom. The molecule has 2 aromatic rings. The lowest BCUT2D eigenvalue weighted by atomic mass is 9.88. The van der Waals surface area contributed by atoms with Gasteiger partial charge in [0.2, 0.25) is 0 Å². The van der Waals surface area contributed by atoms with Crippen LogP contribution in [-0.2, 0) is 9.53 Å². The van der Waals surface area contributed by atoms with Crippen molar-refractivity contribution in [2.45, 2.75) is 19.4 Å². The Kier molecular flexibility index (Phi) is 3.18. The smallest absolute Gasteiger partial charge is 0.309 e. The van der Waals surface area contributed by atoms with Crippen LogP contribution < -0.4 is 4.74 Å². The van der Waals surface area contributed by atoms with Crippen molar-refractivity contribution in [2.24, 2.45) is 0 Å². The molecule has 1 heterocycles. The van der Waals surface area contributed by atoms with Crippen molar-refractivity contribution in [3.63, 3.8) is 0 Å². The second-order valence-electron chi connectivity index (χ2n) is 4.92. The predicted molar refractivity (Wildman–Crippen MR) is 76.6 cm³/mol.